The highest BCUT2D eigenvalue weighted by molar-refractivity contribution is 9.10. The van der Waals surface area contributed by atoms with Gasteiger partial charge in [-0.25, -0.2) is 17.5 Å². The van der Waals surface area contributed by atoms with E-state index in [4.69, 9.17) is 0 Å². The summed E-state index contributed by atoms with van der Waals surface area (Å²) < 4.78 is 38.3. The van der Waals surface area contributed by atoms with E-state index in [0.717, 1.165) is 16.6 Å². The largest absolute Gasteiger partial charge is 0.312 e. The van der Waals surface area contributed by atoms with Crippen molar-refractivity contribution in [3.05, 3.63) is 34.3 Å². The summed E-state index contributed by atoms with van der Waals surface area (Å²) in [6.45, 7) is 0.734. The molecule has 0 radical (unpaired) electrons. The molecule has 0 spiro atoms. The van der Waals surface area contributed by atoms with Gasteiger partial charge in [0.1, 0.15) is 0 Å². The van der Waals surface area contributed by atoms with Crippen LogP contribution in [0.25, 0.3) is 0 Å². The molecule has 2 rings (SSSR count). The van der Waals surface area contributed by atoms with Crippen LogP contribution in [0.4, 0.5) is 4.39 Å². The Hall–Kier alpha value is -0.500. The SMILES string of the molecule is O=S(=O)(CF)N[C@H]1CCN[C@H]1Cc1cccc(Br)c1. The third-order valence-corrected chi connectivity index (χ3v) is 4.61. The van der Waals surface area contributed by atoms with Gasteiger partial charge in [-0.1, -0.05) is 28.1 Å². The van der Waals surface area contributed by atoms with Gasteiger partial charge in [-0.2, -0.15) is 0 Å². The van der Waals surface area contributed by atoms with Crippen molar-refractivity contribution in [3.8, 4) is 0 Å². The standard InChI is InChI=1S/C12H16BrFN2O2S/c13-10-3-1-2-9(6-10)7-12-11(4-5-15-12)16-19(17,18)8-14/h1-3,6,11-12,15-16H,4-5,7-8H2/t11-,12-/m0/s1. The minimum absolute atomic E-state index is 0.00405. The molecule has 1 aliphatic rings. The van der Waals surface area contributed by atoms with Crippen molar-refractivity contribution in [2.45, 2.75) is 24.9 Å². The molecule has 1 aliphatic heterocycles. The summed E-state index contributed by atoms with van der Waals surface area (Å²) >= 11 is 3.41. The Morgan fingerprint density at radius 3 is 2.95 bits per heavy atom. The molecule has 2 atom stereocenters. The molecule has 1 saturated heterocycles. The van der Waals surface area contributed by atoms with Crippen molar-refractivity contribution < 1.29 is 12.8 Å². The molecule has 0 unspecified atom stereocenters. The van der Waals surface area contributed by atoms with Crippen molar-refractivity contribution >= 4 is 26.0 Å². The maximum Gasteiger partial charge on any atom is 0.241 e. The molecule has 2 N–H and O–H groups in total. The van der Waals surface area contributed by atoms with Crippen LogP contribution in [0.15, 0.2) is 28.7 Å². The topological polar surface area (TPSA) is 58.2 Å². The zero-order valence-corrected chi connectivity index (χ0v) is 12.7. The molecule has 7 heteroatoms. The monoisotopic (exact) mass is 350 g/mol. The van der Waals surface area contributed by atoms with Gasteiger partial charge in [0.15, 0.2) is 0 Å². The Labute approximate surface area is 121 Å². The molecule has 0 amide bonds. The van der Waals surface area contributed by atoms with E-state index in [9.17, 15) is 12.8 Å². The van der Waals surface area contributed by atoms with Crippen molar-refractivity contribution in [1.82, 2.24) is 10.0 Å². The highest BCUT2D eigenvalue weighted by Crippen LogP contribution is 2.17. The molecule has 0 aromatic heterocycles. The van der Waals surface area contributed by atoms with Crippen LogP contribution < -0.4 is 10.0 Å². The molecule has 0 aliphatic carbocycles. The van der Waals surface area contributed by atoms with Crippen LogP contribution in [0.2, 0.25) is 0 Å². The zero-order chi connectivity index (χ0) is 13.9. The Balaban J connectivity index is 2.03. The lowest BCUT2D eigenvalue weighted by Crippen LogP contribution is -2.44. The third-order valence-electron chi connectivity index (χ3n) is 3.17. The van der Waals surface area contributed by atoms with Crippen LogP contribution in [-0.2, 0) is 16.4 Å². The molecule has 0 saturated carbocycles. The Morgan fingerprint density at radius 1 is 1.47 bits per heavy atom. The fourth-order valence-electron chi connectivity index (χ4n) is 2.30. The molecule has 4 nitrogen and oxygen atoms in total. The fourth-order valence-corrected chi connectivity index (χ4v) is 3.56. The Bertz CT molecular complexity index is 538. The molecule has 1 fully saturated rings. The van der Waals surface area contributed by atoms with Crippen LogP contribution in [0.3, 0.4) is 0 Å². The van der Waals surface area contributed by atoms with Gasteiger partial charge in [0.25, 0.3) is 0 Å². The number of rotatable bonds is 5. The second-order valence-electron chi connectivity index (χ2n) is 4.63. The maximum absolute atomic E-state index is 12.4. The summed E-state index contributed by atoms with van der Waals surface area (Å²) in [6, 6.07) is 6.25. The number of alkyl halides is 1. The lowest BCUT2D eigenvalue weighted by atomic mass is 10.0. The minimum atomic E-state index is -3.80. The van der Waals surface area contributed by atoms with E-state index in [-0.39, 0.29) is 12.1 Å². The lowest BCUT2D eigenvalue weighted by Gasteiger charge is -2.20. The second kappa shape index (κ2) is 6.30. The first-order valence-electron chi connectivity index (χ1n) is 6.04. The lowest BCUT2D eigenvalue weighted by molar-refractivity contribution is 0.475. The molecule has 1 aromatic carbocycles. The first kappa shape index (κ1) is 14.9. The first-order valence-corrected chi connectivity index (χ1v) is 8.48. The summed E-state index contributed by atoms with van der Waals surface area (Å²) in [6.07, 6.45) is 1.39. The number of nitrogens with one attached hydrogen (secondary N) is 2. The maximum atomic E-state index is 12.4. The molecular formula is C12H16BrFN2O2S. The molecule has 0 bridgehead atoms. The van der Waals surface area contributed by atoms with E-state index in [1.165, 1.54) is 0 Å². The van der Waals surface area contributed by atoms with E-state index in [1.54, 1.807) is 0 Å². The summed E-state index contributed by atoms with van der Waals surface area (Å²) in [4.78, 5) is 0. The van der Waals surface area contributed by atoms with Crippen LogP contribution in [-0.4, -0.2) is 33.1 Å². The normalized spacial score (nSPS) is 23.7. The quantitative estimate of drug-likeness (QED) is 0.847. The van der Waals surface area contributed by atoms with Gasteiger partial charge in [-0.15, -0.1) is 0 Å². The predicted octanol–water partition coefficient (Wildman–Crippen LogP) is 1.57. The van der Waals surface area contributed by atoms with Gasteiger partial charge in [0.2, 0.25) is 16.0 Å². The summed E-state index contributed by atoms with van der Waals surface area (Å²) in [7, 11) is -3.80. The van der Waals surface area contributed by atoms with E-state index in [0.29, 0.717) is 12.8 Å². The Morgan fingerprint density at radius 2 is 2.26 bits per heavy atom. The highest BCUT2D eigenvalue weighted by Gasteiger charge is 2.30. The van der Waals surface area contributed by atoms with Crippen molar-refractivity contribution in [2.24, 2.45) is 0 Å². The smallest absolute Gasteiger partial charge is 0.241 e. The highest BCUT2D eigenvalue weighted by atomic mass is 79.9. The van der Waals surface area contributed by atoms with E-state index < -0.39 is 16.0 Å². The van der Waals surface area contributed by atoms with E-state index in [2.05, 4.69) is 26.0 Å². The van der Waals surface area contributed by atoms with Crippen LogP contribution in [0.5, 0.6) is 0 Å². The number of sulfonamides is 1. The summed E-state index contributed by atoms with van der Waals surface area (Å²) in [5.74, 6) is 0. The second-order valence-corrected chi connectivity index (χ2v) is 7.23. The Kier molecular flexibility index (Phi) is 4.94. The van der Waals surface area contributed by atoms with Crippen molar-refractivity contribution in [2.75, 3.05) is 12.6 Å². The molecule has 1 aromatic rings. The molecule has 106 valence electrons. The summed E-state index contributed by atoms with van der Waals surface area (Å²) in [5, 5.41) is 3.26. The van der Waals surface area contributed by atoms with Gasteiger partial charge in [0, 0.05) is 16.6 Å². The molecule has 19 heavy (non-hydrogen) atoms. The third kappa shape index (κ3) is 4.24. The number of halogens is 2. The number of hydrogen-bond donors (Lipinski definition) is 2. The van der Waals surface area contributed by atoms with E-state index in [1.807, 2.05) is 24.3 Å². The average molecular weight is 351 g/mol. The van der Waals surface area contributed by atoms with Gasteiger partial charge in [-0.3, -0.25) is 0 Å². The predicted molar refractivity (Wildman–Crippen MR) is 76.1 cm³/mol. The first-order chi connectivity index (χ1) is 9.00. The molecular weight excluding hydrogens is 335 g/mol. The average Bonchev–Trinajstić information content (AvgIpc) is 2.76. The van der Waals surface area contributed by atoms with E-state index >= 15 is 0 Å². The molecule has 1 heterocycles. The van der Waals surface area contributed by atoms with Crippen molar-refractivity contribution in [1.29, 1.82) is 0 Å². The van der Waals surface area contributed by atoms with Crippen LogP contribution in [0, 0.1) is 0 Å². The van der Waals surface area contributed by atoms with Crippen LogP contribution in [0.1, 0.15) is 12.0 Å². The number of benzene rings is 1. The van der Waals surface area contributed by atoms with Crippen molar-refractivity contribution in [3.63, 3.8) is 0 Å². The van der Waals surface area contributed by atoms with Gasteiger partial charge < -0.3 is 5.32 Å². The van der Waals surface area contributed by atoms with Gasteiger partial charge in [-0.05, 0) is 37.1 Å². The summed E-state index contributed by atoms with van der Waals surface area (Å²) in [5.41, 5.74) is 1.11. The van der Waals surface area contributed by atoms with Gasteiger partial charge in [0.05, 0.1) is 0 Å². The minimum Gasteiger partial charge on any atom is -0.312 e. The number of hydrogen-bond acceptors (Lipinski definition) is 3. The zero-order valence-electron chi connectivity index (χ0n) is 10.3. The van der Waals surface area contributed by atoms with Gasteiger partial charge >= 0.3 is 0 Å². The van der Waals surface area contributed by atoms with Crippen LogP contribution >= 0.6 is 15.9 Å². The fraction of sp³-hybridized carbons (Fsp3) is 0.500.